The van der Waals surface area contributed by atoms with Crippen LogP contribution < -0.4 is 5.73 Å². The Morgan fingerprint density at radius 1 is 1.29 bits per heavy atom. The van der Waals surface area contributed by atoms with Crippen molar-refractivity contribution < 1.29 is 4.74 Å². The standard InChI is InChI=1S/C17H28N2OS/c1-17(2)8-9-19(10-11-21-17)16(12-18)15-6-4-14(5-7-15)13-20-3/h4-7,16H,8-13,18H2,1-3H3. The van der Waals surface area contributed by atoms with Gasteiger partial charge in [-0.25, -0.2) is 0 Å². The molecule has 0 bridgehead atoms. The van der Waals surface area contributed by atoms with Crippen LogP contribution in [0.3, 0.4) is 0 Å². The summed E-state index contributed by atoms with van der Waals surface area (Å²) in [6.45, 7) is 8.28. The van der Waals surface area contributed by atoms with Crippen molar-refractivity contribution in [3.63, 3.8) is 0 Å². The molecule has 1 aliphatic heterocycles. The molecule has 0 amide bonds. The quantitative estimate of drug-likeness (QED) is 0.907. The van der Waals surface area contributed by atoms with E-state index in [4.69, 9.17) is 10.5 Å². The summed E-state index contributed by atoms with van der Waals surface area (Å²) in [7, 11) is 1.73. The van der Waals surface area contributed by atoms with Gasteiger partial charge in [0.25, 0.3) is 0 Å². The molecule has 0 radical (unpaired) electrons. The summed E-state index contributed by atoms with van der Waals surface area (Å²) >= 11 is 2.08. The van der Waals surface area contributed by atoms with Gasteiger partial charge in [0.2, 0.25) is 0 Å². The molecular formula is C17H28N2OS. The van der Waals surface area contributed by atoms with Crippen LogP contribution in [0.1, 0.15) is 37.4 Å². The monoisotopic (exact) mass is 308 g/mol. The number of nitrogens with two attached hydrogens (primary N) is 1. The zero-order valence-corrected chi connectivity index (χ0v) is 14.3. The van der Waals surface area contributed by atoms with Crippen LogP contribution >= 0.6 is 11.8 Å². The predicted octanol–water partition coefficient (Wildman–Crippen LogP) is 3.05. The van der Waals surface area contributed by atoms with Crippen molar-refractivity contribution in [2.24, 2.45) is 5.73 Å². The Bertz CT molecular complexity index is 433. The number of hydrogen-bond acceptors (Lipinski definition) is 4. The highest BCUT2D eigenvalue weighted by Crippen LogP contribution is 2.33. The minimum Gasteiger partial charge on any atom is -0.380 e. The summed E-state index contributed by atoms with van der Waals surface area (Å²) in [5, 5.41) is 0. The van der Waals surface area contributed by atoms with E-state index in [1.54, 1.807) is 7.11 Å². The maximum Gasteiger partial charge on any atom is 0.0713 e. The van der Waals surface area contributed by atoms with Crippen molar-refractivity contribution in [3.05, 3.63) is 35.4 Å². The first kappa shape index (κ1) is 16.8. The van der Waals surface area contributed by atoms with Crippen LogP contribution in [-0.4, -0.2) is 42.1 Å². The second-order valence-corrected chi connectivity index (χ2v) is 8.12. The third-order valence-electron chi connectivity index (χ3n) is 4.21. The van der Waals surface area contributed by atoms with Gasteiger partial charge in [0.15, 0.2) is 0 Å². The molecule has 1 saturated heterocycles. The van der Waals surface area contributed by atoms with Crippen molar-refractivity contribution in [1.29, 1.82) is 0 Å². The molecule has 2 N–H and O–H groups in total. The summed E-state index contributed by atoms with van der Waals surface area (Å²) < 4.78 is 5.56. The zero-order chi connectivity index (χ0) is 15.3. The van der Waals surface area contributed by atoms with E-state index in [9.17, 15) is 0 Å². The van der Waals surface area contributed by atoms with Crippen molar-refractivity contribution in [2.45, 2.75) is 37.7 Å². The lowest BCUT2D eigenvalue weighted by atomic mass is 10.0. The van der Waals surface area contributed by atoms with Crippen LogP contribution in [0.2, 0.25) is 0 Å². The Kier molecular flexibility index (Phi) is 6.11. The normalized spacial score (nSPS) is 21.0. The molecule has 1 aromatic carbocycles. The highest BCUT2D eigenvalue weighted by atomic mass is 32.2. The number of thioether (sulfide) groups is 1. The third kappa shape index (κ3) is 4.71. The molecule has 1 fully saturated rings. The molecule has 0 aliphatic carbocycles. The van der Waals surface area contributed by atoms with Crippen LogP contribution in [0, 0.1) is 0 Å². The van der Waals surface area contributed by atoms with Crippen molar-refractivity contribution in [2.75, 3.05) is 32.5 Å². The number of methoxy groups -OCH3 is 1. The minimum atomic E-state index is 0.330. The molecule has 4 heteroatoms. The van der Waals surface area contributed by atoms with E-state index in [1.807, 2.05) is 0 Å². The van der Waals surface area contributed by atoms with Gasteiger partial charge in [-0.3, -0.25) is 4.90 Å². The molecule has 21 heavy (non-hydrogen) atoms. The zero-order valence-electron chi connectivity index (χ0n) is 13.5. The molecule has 0 aromatic heterocycles. The fraction of sp³-hybridized carbons (Fsp3) is 0.647. The largest absolute Gasteiger partial charge is 0.380 e. The number of hydrogen-bond donors (Lipinski definition) is 1. The number of benzene rings is 1. The average molecular weight is 308 g/mol. The molecule has 1 atom stereocenters. The molecule has 1 aromatic rings. The lowest BCUT2D eigenvalue weighted by Crippen LogP contribution is -2.35. The van der Waals surface area contributed by atoms with E-state index in [0.717, 1.165) is 13.1 Å². The Labute approximate surface area is 133 Å². The van der Waals surface area contributed by atoms with E-state index in [-0.39, 0.29) is 0 Å². The van der Waals surface area contributed by atoms with Gasteiger partial charge in [0.05, 0.1) is 6.61 Å². The first-order chi connectivity index (χ1) is 10.1. The Morgan fingerprint density at radius 3 is 2.62 bits per heavy atom. The summed E-state index contributed by atoms with van der Waals surface area (Å²) in [5.74, 6) is 1.19. The highest BCUT2D eigenvalue weighted by Gasteiger charge is 2.27. The van der Waals surface area contributed by atoms with Crippen molar-refractivity contribution in [1.82, 2.24) is 4.90 Å². The lowest BCUT2D eigenvalue weighted by Gasteiger charge is -2.30. The summed E-state index contributed by atoms with van der Waals surface area (Å²) in [6.07, 6.45) is 1.22. The average Bonchev–Trinajstić information content (AvgIpc) is 2.63. The number of ether oxygens (including phenoxy) is 1. The van der Waals surface area contributed by atoms with Gasteiger partial charge < -0.3 is 10.5 Å². The van der Waals surface area contributed by atoms with Crippen molar-refractivity contribution >= 4 is 11.8 Å². The molecule has 3 nitrogen and oxygen atoms in total. The summed E-state index contributed by atoms with van der Waals surface area (Å²) in [4.78, 5) is 2.55. The molecule has 1 unspecified atom stereocenters. The molecule has 0 spiro atoms. The first-order valence-electron chi connectivity index (χ1n) is 7.71. The Morgan fingerprint density at radius 2 is 2.00 bits per heavy atom. The maximum absolute atomic E-state index is 6.08. The van der Waals surface area contributed by atoms with Crippen molar-refractivity contribution in [3.8, 4) is 0 Å². The molecule has 1 aliphatic rings. The van der Waals surface area contributed by atoms with E-state index >= 15 is 0 Å². The topological polar surface area (TPSA) is 38.5 Å². The van der Waals surface area contributed by atoms with Gasteiger partial charge >= 0.3 is 0 Å². The van der Waals surface area contributed by atoms with Gasteiger partial charge in [-0.2, -0.15) is 11.8 Å². The smallest absolute Gasteiger partial charge is 0.0713 e. The van der Waals surface area contributed by atoms with Gasteiger partial charge in [-0.05, 0) is 17.5 Å². The van der Waals surface area contributed by atoms with Crippen LogP contribution in [-0.2, 0) is 11.3 Å². The van der Waals surface area contributed by atoms with Crippen LogP contribution in [0.25, 0.3) is 0 Å². The highest BCUT2D eigenvalue weighted by molar-refractivity contribution is 8.00. The maximum atomic E-state index is 6.08. The summed E-state index contributed by atoms with van der Waals surface area (Å²) in [6, 6.07) is 9.04. The van der Waals surface area contributed by atoms with E-state index in [0.29, 0.717) is 23.9 Å². The van der Waals surface area contributed by atoms with E-state index < -0.39 is 0 Å². The SMILES string of the molecule is COCc1ccc(C(CN)N2CCSC(C)(C)CC2)cc1. The second kappa shape index (κ2) is 7.63. The van der Waals surface area contributed by atoms with Crippen LogP contribution in [0.15, 0.2) is 24.3 Å². The third-order valence-corrected chi connectivity index (χ3v) is 5.58. The predicted molar refractivity (Wildman–Crippen MR) is 91.7 cm³/mol. The lowest BCUT2D eigenvalue weighted by molar-refractivity contribution is 0.184. The van der Waals surface area contributed by atoms with Crippen LogP contribution in [0.5, 0.6) is 0 Å². The van der Waals surface area contributed by atoms with Gasteiger partial charge in [-0.15, -0.1) is 0 Å². The fourth-order valence-electron chi connectivity index (χ4n) is 2.85. The fourth-order valence-corrected chi connectivity index (χ4v) is 3.96. The minimum absolute atomic E-state index is 0.330. The number of rotatable bonds is 5. The van der Waals surface area contributed by atoms with E-state index in [1.165, 1.54) is 23.3 Å². The van der Waals surface area contributed by atoms with Gasteiger partial charge in [-0.1, -0.05) is 38.1 Å². The number of nitrogens with zero attached hydrogens (tertiary/aromatic N) is 1. The molecule has 1 heterocycles. The Balaban J connectivity index is 2.07. The first-order valence-corrected chi connectivity index (χ1v) is 8.70. The van der Waals surface area contributed by atoms with E-state index in [2.05, 4.69) is 54.8 Å². The van der Waals surface area contributed by atoms with Gasteiger partial charge in [0, 0.05) is 43.3 Å². The van der Waals surface area contributed by atoms with Gasteiger partial charge in [0.1, 0.15) is 0 Å². The summed E-state index contributed by atoms with van der Waals surface area (Å²) in [5.41, 5.74) is 8.61. The molecule has 118 valence electrons. The Hall–Kier alpha value is -0.550. The second-order valence-electron chi connectivity index (χ2n) is 6.32. The van der Waals surface area contributed by atoms with Crippen LogP contribution in [0.4, 0.5) is 0 Å². The molecule has 0 saturated carbocycles. The molecule has 2 rings (SSSR count). The molecular weight excluding hydrogens is 280 g/mol.